The summed E-state index contributed by atoms with van der Waals surface area (Å²) in [5, 5.41) is 50.4. The number of halogens is 4. The summed E-state index contributed by atoms with van der Waals surface area (Å²) in [6, 6.07) is 0. The molecule has 0 amide bonds. The maximum Gasteiger partial charge on any atom is 0.248 e. The van der Waals surface area contributed by atoms with E-state index in [-0.39, 0.29) is 56.8 Å². The number of aliphatic hydroxyl groups is 5. The van der Waals surface area contributed by atoms with Crippen molar-refractivity contribution in [3.8, 4) is 0 Å². The lowest BCUT2D eigenvalue weighted by Crippen LogP contribution is -2.55. The molecule has 5 nitrogen and oxygen atoms in total. The second-order valence-corrected chi connectivity index (χ2v) is 28.9. The number of rotatable bonds is 8. The largest absolute Gasteiger partial charge is 0.400 e. The molecule has 70 heavy (non-hydrogen) atoms. The SMILES string of the molecule is CO.C[C@H](CCC1(O)CCC(F)(F)CC1)[C@H]1CC[C@H]2[C@@H]3CC=C4C[C@@](C)(O)CC[C@]4(C)[C@H]3CC[C@]12C.C[C@H](CCC1(O)CCC(F)(F)CC1)[C@H]1CC[C@H]2[C@@H]3CC[C@H]4C[C@@](C)(O)CC[C@]4(C)[C@H]3CC[C@]12C. The van der Waals surface area contributed by atoms with Crippen molar-refractivity contribution in [1.29, 1.82) is 0 Å². The third-order valence-corrected chi connectivity index (χ3v) is 24.8. The van der Waals surface area contributed by atoms with Gasteiger partial charge in [-0.1, -0.05) is 53.2 Å². The average molecular weight is 991 g/mol. The topological polar surface area (TPSA) is 101 Å². The number of alkyl halides is 4. The Hall–Kier alpha value is -0.740. The molecule has 9 fully saturated rings. The van der Waals surface area contributed by atoms with Gasteiger partial charge in [0.15, 0.2) is 0 Å². The highest BCUT2D eigenvalue weighted by Gasteiger charge is 2.63. The molecule has 17 atom stereocenters. The van der Waals surface area contributed by atoms with E-state index in [1.165, 1.54) is 82.6 Å². The van der Waals surface area contributed by atoms with Crippen LogP contribution in [0.1, 0.15) is 242 Å². The zero-order chi connectivity index (χ0) is 51.1. The van der Waals surface area contributed by atoms with Crippen LogP contribution in [0.4, 0.5) is 17.6 Å². The van der Waals surface area contributed by atoms with Gasteiger partial charge in [0, 0.05) is 32.8 Å². The van der Waals surface area contributed by atoms with E-state index in [4.69, 9.17) is 5.11 Å². The monoisotopic (exact) mass is 991 g/mol. The van der Waals surface area contributed by atoms with Gasteiger partial charge in [0.05, 0.1) is 22.4 Å². The van der Waals surface area contributed by atoms with Crippen LogP contribution in [0.25, 0.3) is 0 Å². The Kier molecular flexibility index (Phi) is 15.6. The minimum absolute atomic E-state index is 0.153. The van der Waals surface area contributed by atoms with Crippen molar-refractivity contribution in [3.63, 3.8) is 0 Å². The molecule has 0 spiro atoms. The van der Waals surface area contributed by atoms with Crippen molar-refractivity contribution in [2.24, 2.45) is 86.8 Å². The molecule has 0 aromatic rings. The summed E-state index contributed by atoms with van der Waals surface area (Å²) in [4.78, 5) is 0. The van der Waals surface area contributed by atoms with Crippen LogP contribution in [-0.4, -0.2) is 66.9 Å². The molecule has 0 saturated heterocycles. The molecule has 0 bridgehead atoms. The lowest BCUT2D eigenvalue weighted by Gasteiger charge is -2.62. The summed E-state index contributed by atoms with van der Waals surface area (Å²) < 4.78 is 54.4. The van der Waals surface area contributed by atoms with E-state index in [9.17, 15) is 38.0 Å². The van der Waals surface area contributed by atoms with Crippen LogP contribution in [0.3, 0.4) is 0 Å². The number of hydrogen-bond acceptors (Lipinski definition) is 5. The van der Waals surface area contributed by atoms with Crippen LogP contribution in [0.5, 0.6) is 0 Å². The van der Waals surface area contributed by atoms with E-state index in [1.54, 1.807) is 0 Å². The molecular weight excluding hydrogens is 889 g/mol. The highest BCUT2D eigenvalue weighted by Crippen LogP contribution is 2.70. The predicted molar refractivity (Wildman–Crippen MR) is 273 cm³/mol. The number of hydrogen-bond donors (Lipinski definition) is 5. The first kappa shape index (κ1) is 55.5. The van der Waals surface area contributed by atoms with Crippen LogP contribution >= 0.6 is 0 Å². The fraction of sp³-hybridized carbons (Fsp3) is 0.967. The molecule has 9 saturated carbocycles. The summed E-state index contributed by atoms with van der Waals surface area (Å²) in [6.07, 6.45) is 26.6. The molecule has 10 rings (SSSR count). The van der Waals surface area contributed by atoms with Crippen LogP contribution in [-0.2, 0) is 0 Å². The number of fused-ring (bicyclic) bond motifs is 10. The van der Waals surface area contributed by atoms with Crippen molar-refractivity contribution < 1.29 is 43.1 Å². The minimum atomic E-state index is -2.58. The molecular formula is C61H102F4O5. The van der Waals surface area contributed by atoms with E-state index >= 15 is 0 Å². The fourth-order valence-corrected chi connectivity index (χ4v) is 20.2. The Bertz CT molecular complexity index is 1830. The fourth-order valence-electron chi connectivity index (χ4n) is 20.2. The predicted octanol–water partition coefficient (Wildman–Crippen LogP) is 15.0. The van der Waals surface area contributed by atoms with Crippen LogP contribution in [0, 0.1) is 86.8 Å². The number of aliphatic hydroxyl groups excluding tert-OH is 1. The van der Waals surface area contributed by atoms with E-state index in [0.29, 0.717) is 58.7 Å². The van der Waals surface area contributed by atoms with Gasteiger partial charge in [0.1, 0.15) is 0 Å². The van der Waals surface area contributed by atoms with Crippen molar-refractivity contribution in [3.05, 3.63) is 11.6 Å². The molecule has 404 valence electrons. The van der Waals surface area contributed by atoms with Gasteiger partial charge in [-0.05, 0) is 261 Å². The van der Waals surface area contributed by atoms with E-state index < -0.39 is 34.2 Å². The molecule has 10 aliphatic rings. The Morgan fingerprint density at radius 1 is 0.486 bits per heavy atom. The maximum atomic E-state index is 13.6. The average Bonchev–Trinajstić information content (AvgIpc) is 3.85. The lowest BCUT2D eigenvalue weighted by atomic mass is 9.43. The minimum Gasteiger partial charge on any atom is -0.400 e. The molecule has 0 aliphatic heterocycles. The highest BCUT2D eigenvalue weighted by atomic mass is 19.3. The first-order chi connectivity index (χ1) is 32.5. The van der Waals surface area contributed by atoms with Crippen LogP contribution in [0.15, 0.2) is 11.6 Å². The quantitative estimate of drug-likeness (QED) is 0.123. The Balaban J connectivity index is 0.000000182. The summed E-state index contributed by atoms with van der Waals surface area (Å²) in [7, 11) is 1.00. The van der Waals surface area contributed by atoms with E-state index in [1.807, 2.05) is 6.92 Å². The smallest absolute Gasteiger partial charge is 0.248 e. The zero-order valence-corrected chi connectivity index (χ0v) is 45.7. The van der Waals surface area contributed by atoms with Gasteiger partial charge in [-0.25, -0.2) is 17.6 Å². The van der Waals surface area contributed by atoms with Gasteiger partial charge >= 0.3 is 0 Å². The third kappa shape index (κ3) is 10.6. The molecule has 0 unspecified atom stereocenters. The van der Waals surface area contributed by atoms with Crippen LogP contribution in [0.2, 0.25) is 0 Å². The molecule has 5 N–H and O–H groups in total. The summed E-state index contributed by atoms with van der Waals surface area (Å²) in [5.41, 5.74) is 0.208. The van der Waals surface area contributed by atoms with Crippen molar-refractivity contribution in [2.75, 3.05) is 7.11 Å². The lowest BCUT2D eigenvalue weighted by molar-refractivity contribution is -0.148. The van der Waals surface area contributed by atoms with Gasteiger partial charge < -0.3 is 25.5 Å². The van der Waals surface area contributed by atoms with Crippen molar-refractivity contribution in [1.82, 2.24) is 0 Å². The molecule has 0 aromatic heterocycles. The first-order valence-corrected chi connectivity index (χ1v) is 29.3. The van der Waals surface area contributed by atoms with Crippen LogP contribution < -0.4 is 0 Å². The molecule has 10 aliphatic carbocycles. The zero-order valence-electron chi connectivity index (χ0n) is 45.7. The van der Waals surface area contributed by atoms with Crippen molar-refractivity contribution >= 4 is 0 Å². The van der Waals surface area contributed by atoms with Gasteiger partial charge in [0.2, 0.25) is 11.8 Å². The molecule has 0 radical (unpaired) electrons. The van der Waals surface area contributed by atoms with Gasteiger partial charge in [-0.3, -0.25) is 0 Å². The molecule has 0 heterocycles. The maximum absolute atomic E-state index is 13.6. The number of allylic oxidation sites excluding steroid dienone is 1. The Morgan fingerprint density at radius 3 is 1.46 bits per heavy atom. The van der Waals surface area contributed by atoms with Gasteiger partial charge in [-0.15, -0.1) is 0 Å². The normalized spacial score (nSPS) is 48.1. The Labute approximate surface area is 423 Å². The summed E-state index contributed by atoms with van der Waals surface area (Å²) in [6.45, 7) is 19.0. The molecule has 0 aromatic carbocycles. The second kappa shape index (κ2) is 19.7. The first-order valence-electron chi connectivity index (χ1n) is 29.3. The van der Waals surface area contributed by atoms with E-state index in [0.717, 1.165) is 87.6 Å². The Morgan fingerprint density at radius 2 is 0.943 bits per heavy atom. The standard InChI is InChI=1S/C30H50F2O2.C30H48F2O2.CH4O/c2*1-20(9-12-29(34)15-17-30(31,32)18-16-29)23-7-8-24-22-6-5-21-19-26(2,33)13-14-27(21,3)25(22)10-11-28(23,24)4;1-2/h20-25,33-34H,5-19H2,1-4H3;5,20,22-25,33-34H,6-19H2,1-4H3;2H,1H3/t20-,21+,22+,23-,24+,25+,26+,27+,28-;20-,22+,23-,24+,25+,26+,27+,28-;/m11./s1. The highest BCUT2D eigenvalue weighted by molar-refractivity contribution is 5.27. The molecule has 9 heteroatoms. The second-order valence-electron chi connectivity index (χ2n) is 28.9. The van der Waals surface area contributed by atoms with Gasteiger partial charge in [-0.2, -0.15) is 0 Å². The van der Waals surface area contributed by atoms with Crippen molar-refractivity contribution in [2.45, 2.75) is 276 Å². The summed E-state index contributed by atoms with van der Waals surface area (Å²) in [5.74, 6) is 2.74. The van der Waals surface area contributed by atoms with Gasteiger partial charge in [0.25, 0.3) is 0 Å². The summed E-state index contributed by atoms with van der Waals surface area (Å²) >= 11 is 0. The van der Waals surface area contributed by atoms with E-state index in [2.05, 4.69) is 54.5 Å². The third-order valence-electron chi connectivity index (χ3n) is 24.8.